The number of hydrogen-bond donors (Lipinski definition) is 0. The number of esters is 1. The van der Waals surface area contributed by atoms with Gasteiger partial charge in [0.2, 0.25) is 0 Å². The summed E-state index contributed by atoms with van der Waals surface area (Å²) in [4.78, 5) is 26.2. The van der Waals surface area contributed by atoms with Gasteiger partial charge in [0, 0.05) is 30.2 Å². The average molecular weight is 420 g/mol. The largest absolute Gasteiger partial charge is 0.451 e. The van der Waals surface area contributed by atoms with Gasteiger partial charge in [0.15, 0.2) is 6.61 Å². The second kappa shape index (κ2) is 10.1. The van der Waals surface area contributed by atoms with Crippen LogP contribution in [0.2, 0.25) is 0 Å². The van der Waals surface area contributed by atoms with Crippen LogP contribution in [0, 0.1) is 25.2 Å². The van der Waals surface area contributed by atoms with Crippen LogP contribution in [0.3, 0.4) is 0 Å². The van der Waals surface area contributed by atoms with E-state index in [0.717, 1.165) is 29.8 Å². The van der Waals surface area contributed by atoms with Crippen LogP contribution in [0.1, 0.15) is 55.1 Å². The van der Waals surface area contributed by atoms with Crippen LogP contribution < -0.4 is 4.90 Å². The number of carbonyl (C=O) groups excluding carboxylic acids is 2. The first-order valence-corrected chi connectivity index (χ1v) is 10.7. The molecule has 0 radical (unpaired) electrons. The van der Waals surface area contributed by atoms with Gasteiger partial charge in [0.05, 0.1) is 0 Å². The Labute approximate surface area is 183 Å². The highest BCUT2D eigenvalue weighted by atomic mass is 16.5. The minimum Gasteiger partial charge on any atom is -0.451 e. The summed E-state index contributed by atoms with van der Waals surface area (Å²) in [6.45, 7) is 3.65. The van der Waals surface area contributed by atoms with Crippen molar-refractivity contribution >= 4 is 23.6 Å². The zero-order valence-electron chi connectivity index (χ0n) is 18.4. The third-order valence-corrected chi connectivity index (χ3v) is 5.95. The number of nitrogens with zero attached hydrogens (tertiary/aromatic N) is 3. The minimum atomic E-state index is -0.792. The van der Waals surface area contributed by atoms with Crippen molar-refractivity contribution in [2.75, 3.05) is 18.6 Å². The molecule has 1 amide bonds. The van der Waals surface area contributed by atoms with Gasteiger partial charge in [-0.05, 0) is 56.5 Å². The summed E-state index contributed by atoms with van der Waals surface area (Å²) in [6, 6.07) is 13.5. The lowest BCUT2D eigenvalue weighted by Crippen LogP contribution is -2.31. The summed E-state index contributed by atoms with van der Waals surface area (Å²) in [7, 11) is 1.62. The smallest absolute Gasteiger partial charge is 0.349 e. The zero-order valence-corrected chi connectivity index (χ0v) is 18.4. The van der Waals surface area contributed by atoms with E-state index in [2.05, 4.69) is 11.5 Å². The molecule has 31 heavy (non-hydrogen) atoms. The molecule has 0 N–H and O–H groups in total. The predicted molar refractivity (Wildman–Crippen MR) is 120 cm³/mol. The number of aromatic nitrogens is 1. The monoisotopic (exact) mass is 419 g/mol. The summed E-state index contributed by atoms with van der Waals surface area (Å²) in [5.41, 5.74) is 3.60. The summed E-state index contributed by atoms with van der Waals surface area (Å²) < 4.78 is 7.46. The molecule has 6 nitrogen and oxygen atoms in total. The molecular weight excluding hydrogens is 390 g/mol. The third kappa shape index (κ3) is 5.24. The van der Waals surface area contributed by atoms with E-state index in [0.29, 0.717) is 11.7 Å². The number of hydrogen-bond acceptors (Lipinski definition) is 4. The van der Waals surface area contributed by atoms with E-state index in [1.807, 2.05) is 37.3 Å². The molecule has 1 aromatic heterocycles. The number of aryl methyl sites for hydroxylation is 1. The lowest BCUT2D eigenvalue weighted by molar-refractivity contribution is -0.143. The molecule has 6 heteroatoms. The number of rotatable bonds is 6. The van der Waals surface area contributed by atoms with E-state index in [-0.39, 0.29) is 11.5 Å². The van der Waals surface area contributed by atoms with E-state index >= 15 is 0 Å². The maximum absolute atomic E-state index is 12.5. The minimum absolute atomic E-state index is 0.112. The molecule has 0 bridgehead atoms. The molecule has 2 aromatic rings. The Balaban J connectivity index is 1.69. The van der Waals surface area contributed by atoms with Crippen LogP contribution in [-0.4, -0.2) is 30.1 Å². The summed E-state index contributed by atoms with van der Waals surface area (Å²) in [5, 5.41) is 9.50. The summed E-state index contributed by atoms with van der Waals surface area (Å²) in [6.07, 6.45) is 7.62. The van der Waals surface area contributed by atoms with Gasteiger partial charge in [0.1, 0.15) is 11.6 Å². The van der Waals surface area contributed by atoms with Gasteiger partial charge in [-0.15, -0.1) is 0 Å². The van der Waals surface area contributed by atoms with E-state index in [9.17, 15) is 14.9 Å². The quantitative estimate of drug-likeness (QED) is 0.386. The van der Waals surface area contributed by atoms with Gasteiger partial charge >= 0.3 is 5.97 Å². The van der Waals surface area contributed by atoms with Gasteiger partial charge < -0.3 is 14.2 Å². The lowest BCUT2D eigenvalue weighted by atomic mass is 9.95. The number of para-hydroxylation sites is 1. The Bertz CT molecular complexity index is 1010. The molecule has 162 valence electrons. The van der Waals surface area contributed by atoms with Crippen molar-refractivity contribution in [2.24, 2.45) is 0 Å². The summed E-state index contributed by atoms with van der Waals surface area (Å²) in [5.74, 6) is -1.16. The number of benzene rings is 1. The van der Waals surface area contributed by atoms with Crippen molar-refractivity contribution in [1.82, 2.24) is 4.57 Å². The van der Waals surface area contributed by atoms with Crippen molar-refractivity contribution in [3.05, 3.63) is 58.9 Å². The Hall–Kier alpha value is -3.33. The first kappa shape index (κ1) is 22.4. The molecule has 1 aromatic carbocycles. The molecule has 1 heterocycles. The zero-order chi connectivity index (χ0) is 22.4. The molecule has 0 aliphatic heterocycles. The van der Waals surface area contributed by atoms with Crippen LogP contribution in [0.5, 0.6) is 0 Å². The van der Waals surface area contributed by atoms with Crippen molar-refractivity contribution in [3.8, 4) is 6.07 Å². The molecule has 0 saturated heterocycles. The SMILES string of the molecule is Cc1cc(/C=C(\C#N)C(=O)OCC(=O)N(C)c2ccccc2)c(C)n1C1CCCCC1. The number of amides is 1. The fourth-order valence-electron chi connectivity index (χ4n) is 4.24. The molecule has 1 fully saturated rings. The van der Waals surface area contributed by atoms with Crippen LogP contribution in [0.25, 0.3) is 6.08 Å². The van der Waals surface area contributed by atoms with Crippen molar-refractivity contribution < 1.29 is 14.3 Å². The number of anilines is 1. The summed E-state index contributed by atoms with van der Waals surface area (Å²) >= 11 is 0. The lowest BCUT2D eigenvalue weighted by Gasteiger charge is -2.26. The Kier molecular flexibility index (Phi) is 7.30. The number of likely N-dealkylation sites (N-methyl/N-ethyl adjacent to an activating group) is 1. The molecule has 1 saturated carbocycles. The first-order chi connectivity index (χ1) is 14.9. The highest BCUT2D eigenvalue weighted by Crippen LogP contribution is 2.32. The van der Waals surface area contributed by atoms with Gasteiger partial charge in [-0.1, -0.05) is 37.5 Å². The average Bonchev–Trinajstić information content (AvgIpc) is 3.08. The van der Waals surface area contributed by atoms with E-state index in [4.69, 9.17) is 4.74 Å². The van der Waals surface area contributed by atoms with Crippen molar-refractivity contribution in [2.45, 2.75) is 52.0 Å². The Morgan fingerprint density at radius 3 is 2.52 bits per heavy atom. The van der Waals surface area contributed by atoms with E-state index in [1.54, 1.807) is 25.3 Å². The van der Waals surface area contributed by atoms with Crippen LogP contribution in [0.4, 0.5) is 5.69 Å². The van der Waals surface area contributed by atoms with Gasteiger partial charge in [-0.3, -0.25) is 4.79 Å². The Morgan fingerprint density at radius 2 is 1.87 bits per heavy atom. The number of nitriles is 1. The van der Waals surface area contributed by atoms with Crippen LogP contribution in [-0.2, 0) is 14.3 Å². The molecule has 0 atom stereocenters. The first-order valence-electron chi connectivity index (χ1n) is 10.7. The molecular formula is C25H29N3O3. The molecule has 0 spiro atoms. The van der Waals surface area contributed by atoms with E-state index < -0.39 is 12.6 Å². The Morgan fingerprint density at radius 1 is 1.19 bits per heavy atom. The van der Waals surface area contributed by atoms with Crippen LogP contribution in [0.15, 0.2) is 42.0 Å². The van der Waals surface area contributed by atoms with E-state index in [1.165, 1.54) is 24.2 Å². The topological polar surface area (TPSA) is 75.3 Å². The van der Waals surface area contributed by atoms with Gasteiger partial charge in [-0.25, -0.2) is 4.79 Å². The van der Waals surface area contributed by atoms with Crippen molar-refractivity contribution in [3.63, 3.8) is 0 Å². The van der Waals surface area contributed by atoms with Gasteiger partial charge in [0.25, 0.3) is 5.91 Å². The predicted octanol–water partition coefficient (Wildman–Crippen LogP) is 4.72. The number of ether oxygens (including phenoxy) is 1. The van der Waals surface area contributed by atoms with Gasteiger partial charge in [-0.2, -0.15) is 5.26 Å². The second-order valence-corrected chi connectivity index (χ2v) is 8.02. The molecule has 1 aliphatic rings. The highest BCUT2D eigenvalue weighted by Gasteiger charge is 2.21. The molecule has 0 unspecified atom stereocenters. The fourth-order valence-corrected chi connectivity index (χ4v) is 4.24. The molecule has 1 aliphatic carbocycles. The maximum atomic E-state index is 12.5. The normalized spacial score (nSPS) is 14.7. The maximum Gasteiger partial charge on any atom is 0.349 e. The highest BCUT2D eigenvalue weighted by molar-refractivity contribution is 6.00. The third-order valence-electron chi connectivity index (χ3n) is 5.95. The molecule has 3 rings (SSSR count). The number of carbonyl (C=O) groups is 2. The van der Waals surface area contributed by atoms with Crippen LogP contribution >= 0.6 is 0 Å². The van der Waals surface area contributed by atoms with Crippen molar-refractivity contribution in [1.29, 1.82) is 5.26 Å². The fraction of sp³-hybridized carbons (Fsp3) is 0.400. The second-order valence-electron chi connectivity index (χ2n) is 8.02. The standard InChI is InChI=1S/C25H29N3O3/c1-18-14-20(19(2)28(18)23-12-8-5-9-13-23)15-21(16-26)25(30)31-17-24(29)27(3)22-10-6-4-7-11-22/h4,6-7,10-11,14-15,23H,5,8-9,12-13,17H2,1-3H3/b21-15+.